The molecule has 0 aliphatic rings. The molecule has 0 saturated carbocycles. The summed E-state index contributed by atoms with van der Waals surface area (Å²) in [5.74, 6) is 0.0685. The summed E-state index contributed by atoms with van der Waals surface area (Å²) >= 11 is 5.95. The highest BCUT2D eigenvalue weighted by atomic mass is 35.5. The highest BCUT2D eigenvalue weighted by Crippen LogP contribution is 2.26. The van der Waals surface area contributed by atoms with Gasteiger partial charge in [0.2, 0.25) is 0 Å². The second kappa shape index (κ2) is 7.65. The van der Waals surface area contributed by atoms with Crippen LogP contribution < -0.4 is 0 Å². The number of benzene rings is 3. The van der Waals surface area contributed by atoms with Gasteiger partial charge in [0.15, 0.2) is 0 Å². The van der Waals surface area contributed by atoms with E-state index in [2.05, 4.69) is 54.6 Å². The van der Waals surface area contributed by atoms with Crippen LogP contribution in [0.5, 0.6) is 0 Å². The monoisotopic (exact) mass is 336 g/mol. The molecular formula is C22H21ClO. The summed E-state index contributed by atoms with van der Waals surface area (Å²) in [6.07, 6.45) is 4.63. The van der Waals surface area contributed by atoms with Gasteiger partial charge < -0.3 is 5.11 Å². The molecule has 3 rings (SSSR count). The summed E-state index contributed by atoms with van der Waals surface area (Å²) in [7, 11) is 0. The van der Waals surface area contributed by atoms with Gasteiger partial charge in [-0.25, -0.2) is 0 Å². The second-order valence-electron chi connectivity index (χ2n) is 6.14. The summed E-state index contributed by atoms with van der Waals surface area (Å²) in [5, 5.41) is 13.3. The Kier molecular flexibility index (Phi) is 5.34. The number of aliphatic hydroxyl groups is 1. The smallest absolute Gasteiger partial charge is 0.0583 e. The van der Waals surface area contributed by atoms with Gasteiger partial charge in [-0.2, -0.15) is 0 Å². The van der Waals surface area contributed by atoms with Crippen LogP contribution in [0.3, 0.4) is 0 Å². The lowest BCUT2D eigenvalue weighted by Crippen LogP contribution is -2.13. The van der Waals surface area contributed by atoms with Crippen LogP contribution in [0.4, 0.5) is 0 Å². The molecule has 2 atom stereocenters. The average Bonchev–Trinajstić information content (AvgIpc) is 2.59. The highest BCUT2D eigenvalue weighted by molar-refractivity contribution is 6.30. The van der Waals surface area contributed by atoms with Gasteiger partial charge in [0, 0.05) is 10.9 Å². The van der Waals surface area contributed by atoms with E-state index >= 15 is 0 Å². The van der Waals surface area contributed by atoms with Crippen LogP contribution in [0.2, 0.25) is 5.02 Å². The van der Waals surface area contributed by atoms with Crippen molar-refractivity contribution in [2.45, 2.75) is 25.4 Å². The van der Waals surface area contributed by atoms with Crippen LogP contribution in [0.1, 0.15) is 30.4 Å². The third-order valence-electron chi connectivity index (χ3n) is 4.35. The number of hydrogen-bond acceptors (Lipinski definition) is 1. The maximum Gasteiger partial charge on any atom is 0.0583 e. The number of hydrogen-bond donors (Lipinski definition) is 1. The first-order valence-electron chi connectivity index (χ1n) is 8.22. The van der Waals surface area contributed by atoms with Crippen molar-refractivity contribution in [3.63, 3.8) is 0 Å². The van der Waals surface area contributed by atoms with Crippen molar-refractivity contribution < 1.29 is 5.11 Å². The molecule has 0 unspecified atom stereocenters. The third-order valence-corrected chi connectivity index (χ3v) is 4.61. The topological polar surface area (TPSA) is 20.2 Å². The van der Waals surface area contributed by atoms with Gasteiger partial charge in [-0.05, 0) is 53.4 Å². The molecule has 0 fully saturated rings. The van der Waals surface area contributed by atoms with E-state index in [1.807, 2.05) is 31.2 Å². The Hall–Kier alpha value is -2.09. The summed E-state index contributed by atoms with van der Waals surface area (Å²) < 4.78 is 0. The van der Waals surface area contributed by atoms with Crippen molar-refractivity contribution in [2.75, 3.05) is 0 Å². The van der Waals surface area contributed by atoms with Gasteiger partial charge in [0.25, 0.3) is 0 Å². The first-order valence-corrected chi connectivity index (χ1v) is 8.60. The van der Waals surface area contributed by atoms with E-state index in [0.717, 1.165) is 17.0 Å². The van der Waals surface area contributed by atoms with Crippen molar-refractivity contribution >= 4 is 28.4 Å². The van der Waals surface area contributed by atoms with E-state index in [0.29, 0.717) is 0 Å². The molecule has 24 heavy (non-hydrogen) atoms. The lowest BCUT2D eigenvalue weighted by atomic mass is 9.91. The number of fused-ring (bicyclic) bond motifs is 1. The van der Waals surface area contributed by atoms with Crippen LogP contribution in [0, 0.1) is 0 Å². The molecule has 0 saturated heterocycles. The molecule has 3 aromatic carbocycles. The summed E-state index contributed by atoms with van der Waals surface area (Å²) in [6.45, 7) is 1.84. The Labute approximate surface area is 148 Å². The first-order chi connectivity index (χ1) is 11.6. The van der Waals surface area contributed by atoms with E-state index in [4.69, 9.17) is 11.6 Å². The quantitative estimate of drug-likeness (QED) is 0.600. The number of halogens is 1. The van der Waals surface area contributed by atoms with Crippen LogP contribution in [0.15, 0.2) is 72.8 Å². The average molecular weight is 337 g/mol. The fourth-order valence-electron chi connectivity index (χ4n) is 2.98. The Bertz CT molecular complexity index is 834. The molecule has 0 radical (unpaired) electrons. The van der Waals surface area contributed by atoms with E-state index in [-0.39, 0.29) is 5.92 Å². The summed E-state index contributed by atoms with van der Waals surface area (Å²) in [5.41, 5.74) is 2.28. The third kappa shape index (κ3) is 4.05. The Morgan fingerprint density at radius 2 is 1.67 bits per heavy atom. The molecule has 1 N–H and O–H groups in total. The SMILES string of the molecule is C[C@H](O)[C@@H](CC=Cc1ccc2ccccc2c1)c1ccc(Cl)cc1. The zero-order chi connectivity index (χ0) is 16.9. The largest absolute Gasteiger partial charge is 0.393 e. The summed E-state index contributed by atoms with van der Waals surface area (Å²) in [4.78, 5) is 0. The summed E-state index contributed by atoms with van der Waals surface area (Å²) in [6, 6.07) is 22.5. The normalized spacial score (nSPS) is 14.1. The molecule has 0 spiro atoms. The standard InChI is InChI=1S/C22H21ClO/c1-16(24)22(19-11-13-21(23)14-12-19)8-4-5-17-9-10-18-6-2-3-7-20(18)15-17/h2-7,9-16,22,24H,8H2,1H3/t16-,22+/m0/s1. The molecule has 0 aliphatic carbocycles. The van der Waals surface area contributed by atoms with Crippen molar-refractivity contribution in [1.29, 1.82) is 0 Å². The van der Waals surface area contributed by atoms with Gasteiger partial charge in [-0.1, -0.05) is 72.3 Å². The fourth-order valence-corrected chi connectivity index (χ4v) is 3.11. The molecule has 0 amide bonds. The molecule has 0 aromatic heterocycles. The van der Waals surface area contributed by atoms with E-state index in [1.165, 1.54) is 16.3 Å². The predicted molar refractivity (Wildman–Crippen MR) is 103 cm³/mol. The van der Waals surface area contributed by atoms with Gasteiger partial charge >= 0.3 is 0 Å². The molecule has 0 aliphatic heterocycles. The van der Waals surface area contributed by atoms with Crippen molar-refractivity contribution in [1.82, 2.24) is 0 Å². The van der Waals surface area contributed by atoms with Gasteiger partial charge in [0.1, 0.15) is 0 Å². The first kappa shape index (κ1) is 16.8. The van der Waals surface area contributed by atoms with Crippen molar-refractivity contribution in [3.8, 4) is 0 Å². The minimum atomic E-state index is -0.410. The number of aliphatic hydroxyl groups excluding tert-OH is 1. The zero-order valence-electron chi connectivity index (χ0n) is 13.7. The fraction of sp³-hybridized carbons (Fsp3) is 0.182. The highest BCUT2D eigenvalue weighted by Gasteiger charge is 2.15. The minimum absolute atomic E-state index is 0.0685. The van der Waals surface area contributed by atoms with Gasteiger partial charge in [0.05, 0.1) is 6.10 Å². The van der Waals surface area contributed by atoms with E-state index < -0.39 is 6.10 Å². The van der Waals surface area contributed by atoms with Crippen molar-refractivity contribution in [2.24, 2.45) is 0 Å². The van der Waals surface area contributed by atoms with Crippen LogP contribution in [0.25, 0.3) is 16.8 Å². The van der Waals surface area contributed by atoms with Crippen LogP contribution in [-0.4, -0.2) is 11.2 Å². The predicted octanol–water partition coefficient (Wildman–Crippen LogP) is 6.06. The lowest BCUT2D eigenvalue weighted by molar-refractivity contribution is 0.163. The lowest BCUT2D eigenvalue weighted by Gasteiger charge is -2.18. The van der Waals surface area contributed by atoms with E-state index in [9.17, 15) is 5.11 Å². The number of rotatable bonds is 5. The molecular weight excluding hydrogens is 316 g/mol. The molecule has 0 heterocycles. The van der Waals surface area contributed by atoms with Crippen LogP contribution in [-0.2, 0) is 0 Å². The molecule has 1 nitrogen and oxygen atoms in total. The maximum atomic E-state index is 10.1. The molecule has 3 aromatic rings. The zero-order valence-corrected chi connectivity index (χ0v) is 14.4. The minimum Gasteiger partial charge on any atom is -0.393 e. The molecule has 2 heteroatoms. The van der Waals surface area contributed by atoms with Gasteiger partial charge in [-0.15, -0.1) is 0 Å². The van der Waals surface area contributed by atoms with Gasteiger partial charge in [-0.3, -0.25) is 0 Å². The number of allylic oxidation sites excluding steroid dienone is 1. The van der Waals surface area contributed by atoms with Crippen LogP contribution >= 0.6 is 11.6 Å². The molecule has 0 bridgehead atoms. The Morgan fingerprint density at radius 1 is 0.958 bits per heavy atom. The molecule has 122 valence electrons. The van der Waals surface area contributed by atoms with E-state index in [1.54, 1.807) is 0 Å². The maximum absolute atomic E-state index is 10.1. The second-order valence-corrected chi connectivity index (χ2v) is 6.58. The Balaban J connectivity index is 1.75. The van der Waals surface area contributed by atoms with Crippen molar-refractivity contribution in [3.05, 3.63) is 89.0 Å². The Morgan fingerprint density at radius 3 is 2.38 bits per heavy atom.